The van der Waals surface area contributed by atoms with Crippen molar-refractivity contribution in [2.24, 2.45) is 10.9 Å². The Bertz CT molecular complexity index is 1150. The van der Waals surface area contributed by atoms with Crippen LogP contribution in [0.1, 0.15) is 5.56 Å². The molecule has 6 nitrogen and oxygen atoms in total. The molecule has 0 unspecified atom stereocenters. The van der Waals surface area contributed by atoms with Crippen LogP contribution in [0.25, 0.3) is 33.2 Å². The van der Waals surface area contributed by atoms with Gasteiger partial charge in [-0.05, 0) is 11.5 Å². The number of nitrogens with one attached hydrogen (secondary N) is 1. The number of amidine groups is 1. The maximum absolute atomic E-state index is 8.76. The predicted octanol–water partition coefficient (Wildman–Crippen LogP) is 4.10. The summed E-state index contributed by atoms with van der Waals surface area (Å²) >= 11 is 0. The molecule has 2 aromatic heterocycles. The summed E-state index contributed by atoms with van der Waals surface area (Å²) in [6, 6.07) is 19.6. The Morgan fingerprint density at radius 3 is 2.25 bits per heavy atom. The summed E-state index contributed by atoms with van der Waals surface area (Å²) < 4.78 is 0. The Morgan fingerprint density at radius 1 is 0.893 bits per heavy atom. The van der Waals surface area contributed by atoms with Crippen molar-refractivity contribution in [1.82, 2.24) is 9.97 Å². The smallest absolute Gasteiger partial charge is 0.170 e. The van der Waals surface area contributed by atoms with Crippen molar-refractivity contribution in [3.8, 4) is 22.4 Å². The van der Waals surface area contributed by atoms with Gasteiger partial charge in [-0.25, -0.2) is 4.98 Å². The summed E-state index contributed by atoms with van der Waals surface area (Å²) in [6.45, 7) is 0. The first-order valence-corrected chi connectivity index (χ1v) is 8.81. The van der Waals surface area contributed by atoms with Gasteiger partial charge in [0.15, 0.2) is 5.84 Å². The fourth-order valence-corrected chi connectivity index (χ4v) is 3.22. The molecule has 0 saturated heterocycles. The van der Waals surface area contributed by atoms with E-state index in [0.29, 0.717) is 5.56 Å². The predicted molar refractivity (Wildman–Crippen MR) is 112 cm³/mol. The lowest BCUT2D eigenvalue weighted by molar-refractivity contribution is 0.318. The summed E-state index contributed by atoms with van der Waals surface area (Å²) in [5, 5.41) is 17.1. The Morgan fingerprint density at radius 2 is 1.61 bits per heavy atom. The fraction of sp³-hybridized carbons (Fsp3) is 0.0455. The van der Waals surface area contributed by atoms with Gasteiger partial charge in [-0.2, -0.15) is 0 Å². The molecule has 2 heterocycles. The van der Waals surface area contributed by atoms with Crippen molar-refractivity contribution in [1.29, 1.82) is 0 Å². The number of oxime groups is 1. The highest BCUT2D eigenvalue weighted by molar-refractivity contribution is 6.01. The number of benzene rings is 2. The molecule has 0 aliphatic heterocycles. The number of hydrogen-bond donors (Lipinski definition) is 3. The highest BCUT2D eigenvalue weighted by atomic mass is 16.4. The minimum atomic E-state index is 0.0826. The van der Waals surface area contributed by atoms with Gasteiger partial charge >= 0.3 is 0 Å². The third-order valence-corrected chi connectivity index (χ3v) is 4.69. The lowest BCUT2D eigenvalue weighted by Gasteiger charge is -2.10. The fourth-order valence-electron chi connectivity index (χ4n) is 3.22. The molecule has 4 rings (SSSR count). The van der Waals surface area contributed by atoms with Crippen LogP contribution >= 0.6 is 0 Å². The molecular formula is C22H19N5O. The zero-order valence-electron chi connectivity index (χ0n) is 15.3. The zero-order valence-corrected chi connectivity index (χ0v) is 15.3. The van der Waals surface area contributed by atoms with Crippen LogP contribution in [-0.2, 0) is 0 Å². The molecule has 0 saturated carbocycles. The first kappa shape index (κ1) is 17.5. The van der Waals surface area contributed by atoms with E-state index in [2.05, 4.69) is 32.6 Å². The molecule has 138 valence electrons. The summed E-state index contributed by atoms with van der Waals surface area (Å²) in [6.07, 6.45) is 3.73. The lowest BCUT2D eigenvalue weighted by Crippen LogP contribution is -2.12. The van der Waals surface area contributed by atoms with Gasteiger partial charge in [-0.1, -0.05) is 59.8 Å². The monoisotopic (exact) mass is 369 g/mol. The third-order valence-electron chi connectivity index (χ3n) is 4.69. The molecule has 6 heteroatoms. The second-order valence-corrected chi connectivity index (χ2v) is 6.31. The van der Waals surface area contributed by atoms with Crippen LogP contribution in [0, 0.1) is 0 Å². The summed E-state index contributed by atoms with van der Waals surface area (Å²) in [4.78, 5) is 9.15. The molecule has 0 atom stereocenters. The van der Waals surface area contributed by atoms with Gasteiger partial charge in [-0.15, -0.1) is 0 Å². The number of rotatable bonds is 4. The SMILES string of the molecule is CNc1ncc(-c2ccc(-c3ccc(C(N)=NO)cc3)nc2)c2ccccc12. The van der Waals surface area contributed by atoms with E-state index in [4.69, 9.17) is 10.9 Å². The van der Waals surface area contributed by atoms with Crippen LogP contribution in [-0.4, -0.2) is 28.1 Å². The molecule has 4 N–H and O–H groups in total. The Hall–Kier alpha value is -3.93. The average molecular weight is 369 g/mol. The van der Waals surface area contributed by atoms with Crippen LogP contribution in [0.4, 0.5) is 5.82 Å². The molecule has 0 aliphatic carbocycles. The second kappa shape index (κ2) is 7.36. The Kier molecular flexibility index (Phi) is 4.60. The third kappa shape index (κ3) is 3.12. The number of hydrogen-bond acceptors (Lipinski definition) is 5. The second-order valence-electron chi connectivity index (χ2n) is 6.31. The van der Waals surface area contributed by atoms with E-state index in [1.807, 2.05) is 55.8 Å². The minimum absolute atomic E-state index is 0.0826. The molecular weight excluding hydrogens is 350 g/mol. The van der Waals surface area contributed by atoms with E-state index >= 15 is 0 Å². The van der Waals surface area contributed by atoms with Crippen molar-refractivity contribution in [2.45, 2.75) is 0 Å². The number of nitrogens with zero attached hydrogens (tertiary/aromatic N) is 3. The number of fused-ring (bicyclic) bond motifs is 1. The van der Waals surface area contributed by atoms with Gasteiger partial charge in [0, 0.05) is 47.1 Å². The molecule has 0 fully saturated rings. The van der Waals surface area contributed by atoms with E-state index < -0.39 is 0 Å². The van der Waals surface area contributed by atoms with Gasteiger partial charge in [0.2, 0.25) is 0 Å². The van der Waals surface area contributed by atoms with Crippen LogP contribution < -0.4 is 11.1 Å². The van der Waals surface area contributed by atoms with Gasteiger partial charge in [0.05, 0.1) is 5.69 Å². The first-order chi connectivity index (χ1) is 13.7. The molecule has 0 radical (unpaired) electrons. The maximum atomic E-state index is 8.76. The van der Waals surface area contributed by atoms with Crippen LogP contribution in [0.3, 0.4) is 0 Å². The van der Waals surface area contributed by atoms with Gasteiger partial charge in [0.25, 0.3) is 0 Å². The molecule has 4 aromatic rings. The van der Waals surface area contributed by atoms with Crippen LogP contribution in [0.2, 0.25) is 0 Å². The van der Waals surface area contributed by atoms with Crippen molar-refractivity contribution in [3.63, 3.8) is 0 Å². The summed E-state index contributed by atoms with van der Waals surface area (Å²) in [5.74, 6) is 0.939. The highest BCUT2D eigenvalue weighted by Crippen LogP contribution is 2.31. The van der Waals surface area contributed by atoms with Crippen molar-refractivity contribution >= 4 is 22.4 Å². The normalized spacial score (nSPS) is 11.5. The number of aromatic nitrogens is 2. The van der Waals surface area contributed by atoms with Gasteiger partial charge in [0.1, 0.15) is 5.82 Å². The van der Waals surface area contributed by atoms with Crippen LogP contribution in [0.5, 0.6) is 0 Å². The first-order valence-electron chi connectivity index (χ1n) is 8.81. The highest BCUT2D eigenvalue weighted by Gasteiger charge is 2.09. The van der Waals surface area contributed by atoms with Crippen molar-refractivity contribution in [2.75, 3.05) is 12.4 Å². The van der Waals surface area contributed by atoms with Crippen molar-refractivity contribution in [3.05, 3.63) is 78.6 Å². The Balaban J connectivity index is 1.70. The maximum Gasteiger partial charge on any atom is 0.170 e. The van der Waals surface area contributed by atoms with Gasteiger partial charge < -0.3 is 16.3 Å². The van der Waals surface area contributed by atoms with E-state index in [9.17, 15) is 0 Å². The largest absolute Gasteiger partial charge is 0.409 e. The topological polar surface area (TPSA) is 96.4 Å². The van der Waals surface area contributed by atoms with E-state index in [1.165, 1.54) is 0 Å². The van der Waals surface area contributed by atoms with Crippen molar-refractivity contribution < 1.29 is 5.21 Å². The molecule has 28 heavy (non-hydrogen) atoms. The summed E-state index contributed by atoms with van der Waals surface area (Å²) in [5.41, 5.74) is 10.1. The number of nitrogens with two attached hydrogens (primary N) is 1. The van der Waals surface area contributed by atoms with Crippen LogP contribution in [0.15, 0.2) is 78.2 Å². The lowest BCUT2D eigenvalue weighted by atomic mass is 10.0. The number of anilines is 1. The number of pyridine rings is 2. The quantitative estimate of drug-likeness (QED) is 0.218. The van der Waals surface area contributed by atoms with Gasteiger partial charge in [-0.3, -0.25) is 4.98 Å². The molecule has 2 aromatic carbocycles. The minimum Gasteiger partial charge on any atom is -0.409 e. The zero-order chi connectivity index (χ0) is 19.5. The molecule has 0 aliphatic rings. The molecule has 0 spiro atoms. The van der Waals surface area contributed by atoms with E-state index in [-0.39, 0.29) is 5.84 Å². The average Bonchev–Trinajstić information content (AvgIpc) is 2.78. The molecule has 0 bridgehead atoms. The van der Waals surface area contributed by atoms with E-state index in [1.54, 1.807) is 12.1 Å². The Labute approximate surface area is 162 Å². The molecule has 0 amide bonds. The summed E-state index contributed by atoms with van der Waals surface area (Å²) in [7, 11) is 1.87. The van der Waals surface area contributed by atoms with E-state index in [0.717, 1.165) is 39.0 Å². The standard InChI is InChI=1S/C22H19N5O/c1-24-22-18-5-3-2-4-17(18)19(13-26-22)16-10-11-20(25-12-16)14-6-8-15(9-7-14)21(23)27-28/h2-13,28H,1H3,(H2,23,27)(H,24,26).